The topological polar surface area (TPSA) is 49.8 Å². The molecule has 0 aromatic carbocycles. The molecular weight excluding hydrogens is 171 g/mol. The average Bonchev–Trinajstić information content (AvgIpc) is 2.57. The van der Waals surface area contributed by atoms with Crippen LogP contribution in [0.25, 0.3) is 0 Å². The van der Waals surface area contributed by atoms with Crippen LogP contribution < -0.4 is 0 Å². The molecule has 3 nitrogen and oxygen atoms in total. The number of carboxylic acid groups (broad SMARTS) is 1. The molecule has 3 fully saturated rings. The zero-order chi connectivity index (χ0) is 7.59. The van der Waals surface area contributed by atoms with Gasteiger partial charge < -0.3 is 9.84 Å². The van der Waals surface area contributed by atoms with Crippen molar-refractivity contribution in [2.24, 2.45) is 17.8 Å². The zero-order valence-corrected chi connectivity index (χ0v) is 6.06. The van der Waals surface area contributed by atoms with Crippen LogP contribution >= 0.6 is 0 Å². The third-order valence-corrected chi connectivity index (χ3v) is 3.41. The van der Waals surface area contributed by atoms with Crippen LogP contribution in [-0.4, -0.2) is 40.6 Å². The van der Waals surface area contributed by atoms with Gasteiger partial charge in [-0.25, -0.2) is 0 Å². The van der Waals surface area contributed by atoms with Crippen molar-refractivity contribution >= 4 is 23.3 Å². The Balaban J connectivity index is 0.000000563. The second kappa shape index (κ2) is 2.48. The van der Waals surface area contributed by atoms with E-state index in [9.17, 15) is 4.79 Å². The molecule has 4 heteroatoms. The van der Waals surface area contributed by atoms with E-state index in [1.54, 1.807) is 0 Å². The summed E-state index contributed by atoms with van der Waals surface area (Å²) in [5, 5.41) is 8.82. The minimum Gasteiger partial charge on any atom is -0.481 e. The number of carbonyl (C=O) groups is 1. The fraction of sp³-hybridized carbons (Fsp3) is 0.875. The molecule has 0 aromatic rings. The monoisotopic (exact) mass is 184 g/mol. The number of rotatable bonds is 1. The standard InChI is InChI=1S/C8H10O3.Al.3H/c9-8(10)5-2-3-1-4(5)7-6(3)11-7;;;;/h3-7H,1-2H2,(H,9,10);;;;. The summed E-state index contributed by atoms with van der Waals surface area (Å²) in [6, 6.07) is 0. The van der Waals surface area contributed by atoms with Crippen LogP contribution in [0.5, 0.6) is 0 Å². The van der Waals surface area contributed by atoms with Crippen LogP contribution in [0, 0.1) is 17.8 Å². The van der Waals surface area contributed by atoms with E-state index in [0.717, 1.165) is 12.8 Å². The molecule has 66 valence electrons. The third-order valence-electron chi connectivity index (χ3n) is 3.41. The van der Waals surface area contributed by atoms with E-state index >= 15 is 0 Å². The first kappa shape index (κ1) is 8.56. The van der Waals surface area contributed by atoms with Crippen molar-refractivity contribution in [3.63, 3.8) is 0 Å². The van der Waals surface area contributed by atoms with Gasteiger partial charge in [-0.15, -0.1) is 0 Å². The highest BCUT2D eigenvalue weighted by Gasteiger charge is 2.64. The number of hydrogen-bond donors (Lipinski definition) is 1. The van der Waals surface area contributed by atoms with Crippen LogP contribution in [0.3, 0.4) is 0 Å². The summed E-state index contributed by atoms with van der Waals surface area (Å²) in [6.07, 6.45) is 2.75. The van der Waals surface area contributed by atoms with Crippen molar-refractivity contribution in [1.29, 1.82) is 0 Å². The first-order chi connectivity index (χ1) is 5.27. The van der Waals surface area contributed by atoms with Gasteiger partial charge >= 0.3 is 5.97 Å². The largest absolute Gasteiger partial charge is 0.481 e. The molecule has 1 N–H and O–H groups in total. The average molecular weight is 184 g/mol. The minimum absolute atomic E-state index is 0. The molecule has 1 saturated heterocycles. The Bertz CT molecular complexity index is 230. The maximum absolute atomic E-state index is 10.7. The molecule has 0 spiro atoms. The van der Waals surface area contributed by atoms with Crippen LogP contribution in [0.15, 0.2) is 0 Å². The van der Waals surface area contributed by atoms with Crippen LogP contribution in [0.4, 0.5) is 0 Å². The lowest BCUT2D eigenvalue weighted by Crippen LogP contribution is -2.24. The van der Waals surface area contributed by atoms with Gasteiger partial charge in [0.05, 0.1) is 18.1 Å². The van der Waals surface area contributed by atoms with Crippen molar-refractivity contribution < 1.29 is 14.6 Å². The number of aliphatic carboxylic acids is 1. The summed E-state index contributed by atoms with van der Waals surface area (Å²) in [5.41, 5.74) is 0. The van der Waals surface area contributed by atoms with Crippen molar-refractivity contribution in [2.45, 2.75) is 25.0 Å². The Kier molecular flexibility index (Phi) is 1.77. The van der Waals surface area contributed by atoms with Crippen LogP contribution in [0.2, 0.25) is 0 Å². The molecule has 5 unspecified atom stereocenters. The van der Waals surface area contributed by atoms with Gasteiger partial charge in [0.2, 0.25) is 0 Å². The Morgan fingerprint density at radius 2 is 2.08 bits per heavy atom. The van der Waals surface area contributed by atoms with E-state index in [0.29, 0.717) is 24.0 Å². The second-order valence-corrected chi connectivity index (χ2v) is 3.91. The molecule has 0 amide bonds. The van der Waals surface area contributed by atoms with Crippen LogP contribution in [-0.2, 0) is 9.53 Å². The Labute approximate surface area is 81.2 Å². The van der Waals surface area contributed by atoms with Crippen molar-refractivity contribution in [2.75, 3.05) is 0 Å². The zero-order valence-electron chi connectivity index (χ0n) is 6.06. The first-order valence-electron chi connectivity index (χ1n) is 4.15. The molecule has 3 aliphatic rings. The molecule has 0 radical (unpaired) electrons. The highest BCUT2D eigenvalue weighted by molar-refractivity contribution is 5.75. The molecule has 1 aliphatic heterocycles. The van der Waals surface area contributed by atoms with Gasteiger partial charge in [-0.3, -0.25) is 4.79 Å². The lowest BCUT2D eigenvalue weighted by atomic mass is 9.89. The van der Waals surface area contributed by atoms with Crippen LogP contribution in [0.1, 0.15) is 12.8 Å². The normalized spacial score (nSPS) is 52.8. The summed E-state index contributed by atoms with van der Waals surface area (Å²) < 4.78 is 5.36. The van der Waals surface area contributed by atoms with Crippen molar-refractivity contribution in [1.82, 2.24) is 0 Å². The van der Waals surface area contributed by atoms with E-state index in [1.807, 2.05) is 0 Å². The van der Waals surface area contributed by atoms with Gasteiger partial charge in [-0.2, -0.15) is 0 Å². The lowest BCUT2D eigenvalue weighted by Gasteiger charge is -2.13. The predicted molar refractivity (Wildman–Crippen MR) is 45.9 cm³/mol. The maximum atomic E-state index is 10.7. The smallest absolute Gasteiger partial charge is 0.306 e. The molecule has 5 atom stereocenters. The summed E-state index contributed by atoms with van der Waals surface area (Å²) in [5.74, 6) is 0.212. The van der Waals surface area contributed by atoms with E-state index in [4.69, 9.17) is 9.84 Å². The quantitative estimate of drug-likeness (QED) is 0.433. The van der Waals surface area contributed by atoms with E-state index in [1.165, 1.54) is 0 Å². The molecule has 2 saturated carbocycles. The van der Waals surface area contributed by atoms with Crippen molar-refractivity contribution in [3.8, 4) is 0 Å². The number of carboxylic acids is 1. The summed E-state index contributed by atoms with van der Waals surface area (Å²) in [4.78, 5) is 10.7. The SMILES string of the molecule is O=C(O)C1CC2CC1C1OC21.[AlH3]. The second-order valence-electron chi connectivity index (χ2n) is 3.91. The lowest BCUT2D eigenvalue weighted by molar-refractivity contribution is -0.143. The maximum Gasteiger partial charge on any atom is 0.306 e. The minimum atomic E-state index is -0.619. The number of ether oxygens (including phenoxy) is 1. The number of fused-ring (bicyclic) bond motifs is 5. The molecule has 3 rings (SSSR count). The molecular formula is C8H13AlO3. The molecule has 2 aliphatic carbocycles. The summed E-state index contributed by atoms with van der Waals surface area (Å²) in [7, 11) is 0. The van der Waals surface area contributed by atoms with E-state index in [2.05, 4.69) is 0 Å². The number of hydrogen-bond acceptors (Lipinski definition) is 2. The summed E-state index contributed by atoms with van der Waals surface area (Å²) >= 11 is 0. The molecule has 2 bridgehead atoms. The van der Waals surface area contributed by atoms with E-state index < -0.39 is 5.97 Å². The van der Waals surface area contributed by atoms with Gasteiger partial charge in [0.1, 0.15) is 0 Å². The fourth-order valence-electron chi connectivity index (χ4n) is 2.89. The van der Waals surface area contributed by atoms with Gasteiger partial charge in [0.25, 0.3) is 0 Å². The highest BCUT2D eigenvalue weighted by atomic mass is 27.0. The van der Waals surface area contributed by atoms with Gasteiger partial charge in [0, 0.05) is 5.92 Å². The molecule has 0 aromatic heterocycles. The Morgan fingerprint density at radius 1 is 1.33 bits per heavy atom. The molecule has 1 heterocycles. The Hall–Kier alpha value is -0.0375. The van der Waals surface area contributed by atoms with Gasteiger partial charge in [0.15, 0.2) is 17.4 Å². The number of epoxide rings is 1. The third kappa shape index (κ3) is 0.891. The summed E-state index contributed by atoms with van der Waals surface area (Å²) in [6.45, 7) is 0. The van der Waals surface area contributed by atoms with Crippen molar-refractivity contribution in [3.05, 3.63) is 0 Å². The Morgan fingerprint density at radius 3 is 2.58 bits per heavy atom. The fourth-order valence-corrected chi connectivity index (χ4v) is 2.89. The van der Waals surface area contributed by atoms with Gasteiger partial charge in [-0.05, 0) is 18.8 Å². The predicted octanol–water partition coefficient (Wildman–Crippen LogP) is -0.690. The molecule has 12 heavy (non-hydrogen) atoms. The first-order valence-corrected chi connectivity index (χ1v) is 4.15. The van der Waals surface area contributed by atoms with Gasteiger partial charge in [-0.1, -0.05) is 0 Å². The van der Waals surface area contributed by atoms with E-state index in [-0.39, 0.29) is 23.3 Å². The highest BCUT2D eigenvalue weighted by Crippen LogP contribution is 2.58.